The van der Waals surface area contributed by atoms with E-state index >= 15 is 0 Å². The average molecular weight is 335 g/mol. The van der Waals surface area contributed by atoms with Gasteiger partial charge in [0.2, 0.25) is 0 Å². The summed E-state index contributed by atoms with van der Waals surface area (Å²) < 4.78 is 11.6. The lowest BCUT2D eigenvalue weighted by molar-refractivity contribution is 0.102. The smallest absolute Gasteiger partial charge is 0.255 e. The molecular formula is C14H11BrN2O3. The number of rotatable bonds is 2. The van der Waals surface area contributed by atoms with Gasteiger partial charge in [-0.1, -0.05) is 0 Å². The lowest BCUT2D eigenvalue weighted by atomic mass is 10.2. The van der Waals surface area contributed by atoms with Crippen LogP contribution >= 0.6 is 15.9 Å². The van der Waals surface area contributed by atoms with E-state index in [1.807, 2.05) is 0 Å². The summed E-state index contributed by atoms with van der Waals surface area (Å²) in [6.45, 7) is 1.03. The number of pyridine rings is 1. The SMILES string of the molecule is O=C(Nc1ccc(Br)nc1)c1ccc2c(c1)OCCO2. The fourth-order valence-corrected chi connectivity index (χ4v) is 2.07. The Labute approximate surface area is 124 Å². The van der Waals surface area contributed by atoms with Crippen LogP contribution in [0.1, 0.15) is 10.4 Å². The number of hydrogen-bond acceptors (Lipinski definition) is 4. The Balaban J connectivity index is 1.78. The van der Waals surface area contributed by atoms with E-state index in [1.54, 1.807) is 36.5 Å². The lowest BCUT2D eigenvalue weighted by Crippen LogP contribution is -2.17. The number of carbonyl (C=O) groups excluding carboxylic acids is 1. The fraction of sp³-hybridized carbons (Fsp3) is 0.143. The minimum absolute atomic E-state index is 0.217. The molecule has 1 amide bonds. The van der Waals surface area contributed by atoms with Gasteiger partial charge in [0.05, 0.1) is 11.9 Å². The normalized spacial score (nSPS) is 12.8. The summed E-state index contributed by atoms with van der Waals surface area (Å²) in [5.74, 6) is 1.04. The molecule has 102 valence electrons. The number of carbonyl (C=O) groups is 1. The first-order valence-electron chi connectivity index (χ1n) is 6.05. The zero-order chi connectivity index (χ0) is 13.9. The van der Waals surface area contributed by atoms with Crippen molar-refractivity contribution in [1.82, 2.24) is 4.98 Å². The molecule has 0 bridgehead atoms. The number of nitrogens with one attached hydrogen (secondary N) is 1. The van der Waals surface area contributed by atoms with Crippen LogP contribution in [0.2, 0.25) is 0 Å². The second kappa shape index (κ2) is 5.50. The van der Waals surface area contributed by atoms with Crippen molar-refractivity contribution in [3.05, 3.63) is 46.7 Å². The van der Waals surface area contributed by atoms with Gasteiger partial charge in [0.15, 0.2) is 11.5 Å². The first kappa shape index (κ1) is 12.9. The number of fused-ring (bicyclic) bond motifs is 1. The van der Waals surface area contributed by atoms with Crippen molar-refractivity contribution < 1.29 is 14.3 Å². The third-order valence-corrected chi connectivity index (χ3v) is 3.26. The van der Waals surface area contributed by atoms with E-state index in [-0.39, 0.29) is 5.91 Å². The minimum atomic E-state index is -0.217. The van der Waals surface area contributed by atoms with Crippen LogP contribution < -0.4 is 14.8 Å². The molecule has 5 nitrogen and oxygen atoms in total. The maximum absolute atomic E-state index is 12.1. The number of nitrogens with zero attached hydrogens (tertiary/aromatic N) is 1. The predicted molar refractivity (Wildman–Crippen MR) is 77.3 cm³/mol. The van der Waals surface area contributed by atoms with Gasteiger partial charge in [0.25, 0.3) is 5.91 Å². The Hall–Kier alpha value is -2.08. The molecule has 3 rings (SSSR count). The van der Waals surface area contributed by atoms with Gasteiger partial charge in [-0.25, -0.2) is 4.98 Å². The molecule has 0 aliphatic carbocycles. The van der Waals surface area contributed by atoms with Gasteiger partial charge in [-0.15, -0.1) is 0 Å². The summed E-state index contributed by atoms with van der Waals surface area (Å²) in [6, 6.07) is 8.65. The van der Waals surface area contributed by atoms with Gasteiger partial charge in [0, 0.05) is 5.56 Å². The molecule has 0 unspecified atom stereocenters. The van der Waals surface area contributed by atoms with E-state index in [0.717, 1.165) is 4.60 Å². The fourth-order valence-electron chi connectivity index (χ4n) is 1.84. The second-order valence-electron chi connectivity index (χ2n) is 4.18. The molecule has 1 aliphatic heterocycles. The Morgan fingerprint density at radius 1 is 1.15 bits per heavy atom. The first-order valence-corrected chi connectivity index (χ1v) is 6.84. The lowest BCUT2D eigenvalue weighted by Gasteiger charge is -2.18. The first-order chi connectivity index (χ1) is 9.72. The molecule has 0 saturated heterocycles. The monoisotopic (exact) mass is 334 g/mol. The van der Waals surface area contributed by atoms with E-state index in [2.05, 4.69) is 26.2 Å². The Kier molecular flexibility index (Phi) is 3.56. The summed E-state index contributed by atoms with van der Waals surface area (Å²) in [7, 11) is 0. The Morgan fingerprint density at radius 3 is 2.70 bits per heavy atom. The molecule has 0 fully saturated rings. The van der Waals surface area contributed by atoms with Crippen molar-refractivity contribution in [2.45, 2.75) is 0 Å². The molecule has 1 N–H and O–H groups in total. The van der Waals surface area contributed by atoms with E-state index in [9.17, 15) is 4.79 Å². The van der Waals surface area contributed by atoms with Crippen molar-refractivity contribution in [2.75, 3.05) is 18.5 Å². The van der Waals surface area contributed by atoms with Crippen molar-refractivity contribution in [3.8, 4) is 11.5 Å². The van der Waals surface area contributed by atoms with Crippen LogP contribution in [0.5, 0.6) is 11.5 Å². The van der Waals surface area contributed by atoms with E-state index in [4.69, 9.17) is 9.47 Å². The van der Waals surface area contributed by atoms with Gasteiger partial charge in [-0.2, -0.15) is 0 Å². The number of benzene rings is 1. The minimum Gasteiger partial charge on any atom is -0.486 e. The quantitative estimate of drug-likeness (QED) is 0.858. The molecule has 0 radical (unpaired) electrons. The highest BCUT2D eigenvalue weighted by molar-refractivity contribution is 9.10. The van der Waals surface area contributed by atoms with Crippen LogP contribution in [0.15, 0.2) is 41.1 Å². The zero-order valence-corrected chi connectivity index (χ0v) is 12.0. The topological polar surface area (TPSA) is 60.5 Å². The molecule has 20 heavy (non-hydrogen) atoms. The Bertz CT molecular complexity index is 643. The number of aromatic nitrogens is 1. The molecule has 1 aromatic heterocycles. The van der Waals surface area contributed by atoms with Crippen LogP contribution in [0.25, 0.3) is 0 Å². The molecule has 2 aromatic rings. The van der Waals surface area contributed by atoms with E-state index < -0.39 is 0 Å². The number of amides is 1. The zero-order valence-electron chi connectivity index (χ0n) is 10.4. The molecule has 2 heterocycles. The molecule has 0 spiro atoms. The van der Waals surface area contributed by atoms with E-state index in [0.29, 0.717) is 36.0 Å². The molecule has 1 aromatic carbocycles. The van der Waals surface area contributed by atoms with Crippen molar-refractivity contribution in [2.24, 2.45) is 0 Å². The maximum atomic E-state index is 12.1. The van der Waals surface area contributed by atoms with Crippen LogP contribution in [0, 0.1) is 0 Å². The third-order valence-electron chi connectivity index (χ3n) is 2.79. The summed E-state index contributed by atoms with van der Waals surface area (Å²) in [4.78, 5) is 16.2. The second-order valence-corrected chi connectivity index (χ2v) is 4.99. The summed E-state index contributed by atoms with van der Waals surface area (Å²) in [6.07, 6.45) is 1.58. The van der Waals surface area contributed by atoms with E-state index in [1.165, 1.54) is 0 Å². The maximum Gasteiger partial charge on any atom is 0.255 e. The van der Waals surface area contributed by atoms with Gasteiger partial charge in [-0.05, 0) is 46.3 Å². The number of halogens is 1. The van der Waals surface area contributed by atoms with Crippen LogP contribution in [-0.4, -0.2) is 24.1 Å². The van der Waals surface area contributed by atoms with Crippen molar-refractivity contribution in [3.63, 3.8) is 0 Å². The highest BCUT2D eigenvalue weighted by Crippen LogP contribution is 2.30. The highest BCUT2D eigenvalue weighted by Gasteiger charge is 2.15. The predicted octanol–water partition coefficient (Wildman–Crippen LogP) is 2.87. The number of anilines is 1. The van der Waals surface area contributed by atoms with Gasteiger partial charge in [-0.3, -0.25) is 4.79 Å². The van der Waals surface area contributed by atoms with Crippen molar-refractivity contribution >= 4 is 27.5 Å². The summed E-state index contributed by atoms with van der Waals surface area (Å²) >= 11 is 3.24. The standard InChI is InChI=1S/C14H11BrN2O3/c15-13-4-2-10(8-16-13)17-14(18)9-1-3-11-12(7-9)20-6-5-19-11/h1-4,7-8H,5-6H2,(H,17,18). The van der Waals surface area contributed by atoms with Gasteiger partial charge >= 0.3 is 0 Å². The summed E-state index contributed by atoms with van der Waals surface area (Å²) in [5, 5.41) is 2.77. The molecule has 0 saturated carbocycles. The van der Waals surface area contributed by atoms with Gasteiger partial charge in [0.1, 0.15) is 17.8 Å². The molecule has 6 heteroatoms. The summed E-state index contributed by atoms with van der Waals surface area (Å²) in [5.41, 5.74) is 1.14. The van der Waals surface area contributed by atoms with Crippen LogP contribution in [-0.2, 0) is 0 Å². The third kappa shape index (κ3) is 2.75. The number of hydrogen-bond donors (Lipinski definition) is 1. The highest BCUT2D eigenvalue weighted by atomic mass is 79.9. The van der Waals surface area contributed by atoms with Crippen molar-refractivity contribution in [1.29, 1.82) is 0 Å². The van der Waals surface area contributed by atoms with Crippen LogP contribution in [0.3, 0.4) is 0 Å². The largest absolute Gasteiger partial charge is 0.486 e. The average Bonchev–Trinajstić information content (AvgIpc) is 2.49. The van der Waals surface area contributed by atoms with Crippen LogP contribution in [0.4, 0.5) is 5.69 Å². The number of ether oxygens (including phenoxy) is 2. The van der Waals surface area contributed by atoms with Gasteiger partial charge < -0.3 is 14.8 Å². The Morgan fingerprint density at radius 2 is 1.95 bits per heavy atom. The molecular weight excluding hydrogens is 324 g/mol. The molecule has 0 atom stereocenters. The molecule has 1 aliphatic rings.